The first-order valence-corrected chi connectivity index (χ1v) is 7.48. The normalized spacial score (nSPS) is 11.3. The molecule has 0 spiro atoms. The third-order valence-electron chi connectivity index (χ3n) is 3.24. The van der Waals surface area contributed by atoms with E-state index in [0.717, 1.165) is 31.5 Å². The number of oxazole rings is 1. The second kappa shape index (κ2) is 7.36. The molecule has 0 atom stereocenters. The number of rotatable bonds is 7. The number of benzene rings is 1. The number of nitrogens with one attached hydrogen (secondary N) is 1. The monoisotopic (exact) mass is 290 g/mol. The molecule has 0 unspecified atom stereocenters. The number of halogens is 1. The smallest absolute Gasteiger partial charge is 0.194 e. The quantitative estimate of drug-likeness (QED) is 0.784. The minimum Gasteiger partial charge on any atom is -0.441 e. The van der Waals surface area contributed by atoms with Gasteiger partial charge in [0.05, 0.1) is 11.8 Å². The van der Waals surface area contributed by atoms with Crippen LogP contribution in [0.25, 0.3) is 11.3 Å². The van der Waals surface area contributed by atoms with Crippen LogP contribution in [0, 0.1) is 18.7 Å². The van der Waals surface area contributed by atoms with Gasteiger partial charge in [0.25, 0.3) is 0 Å². The van der Waals surface area contributed by atoms with Crippen molar-refractivity contribution >= 4 is 0 Å². The maximum absolute atomic E-state index is 13.8. The van der Waals surface area contributed by atoms with Crippen LogP contribution in [0.2, 0.25) is 0 Å². The lowest BCUT2D eigenvalue weighted by Gasteiger charge is -2.05. The molecule has 1 aromatic heterocycles. The molecule has 0 fully saturated rings. The zero-order valence-electron chi connectivity index (χ0n) is 12.9. The Morgan fingerprint density at radius 3 is 2.90 bits per heavy atom. The Morgan fingerprint density at radius 1 is 1.33 bits per heavy atom. The van der Waals surface area contributed by atoms with Crippen LogP contribution in [0.15, 0.2) is 28.8 Å². The van der Waals surface area contributed by atoms with Gasteiger partial charge in [0, 0.05) is 6.42 Å². The van der Waals surface area contributed by atoms with E-state index in [1.807, 2.05) is 6.92 Å². The summed E-state index contributed by atoms with van der Waals surface area (Å²) in [5.74, 6) is 1.54. The fraction of sp³-hybridized carbons (Fsp3) is 0.471. The Labute approximate surface area is 125 Å². The molecule has 2 aromatic rings. The molecule has 0 aliphatic rings. The van der Waals surface area contributed by atoms with Gasteiger partial charge in [0.1, 0.15) is 5.82 Å². The molecule has 2 rings (SSSR count). The second-order valence-electron chi connectivity index (χ2n) is 5.80. The van der Waals surface area contributed by atoms with Crippen molar-refractivity contribution in [3.8, 4) is 11.3 Å². The SMILES string of the molecule is Cc1ccc(F)c(-c2cnc(CCCNCC(C)C)o2)c1. The van der Waals surface area contributed by atoms with Gasteiger partial charge < -0.3 is 9.73 Å². The van der Waals surface area contributed by atoms with Crippen LogP contribution in [0.5, 0.6) is 0 Å². The van der Waals surface area contributed by atoms with Gasteiger partial charge in [0.15, 0.2) is 11.7 Å². The summed E-state index contributed by atoms with van der Waals surface area (Å²) in [5, 5.41) is 3.38. The van der Waals surface area contributed by atoms with Crippen LogP contribution in [-0.4, -0.2) is 18.1 Å². The van der Waals surface area contributed by atoms with Gasteiger partial charge in [-0.3, -0.25) is 0 Å². The fourth-order valence-electron chi connectivity index (χ4n) is 2.13. The maximum Gasteiger partial charge on any atom is 0.194 e. The molecular weight excluding hydrogens is 267 g/mol. The van der Waals surface area contributed by atoms with Gasteiger partial charge in [-0.15, -0.1) is 0 Å². The standard InChI is InChI=1S/C17H23FN2O/c1-12(2)10-19-8-4-5-17-20-11-16(21-17)14-9-13(3)6-7-15(14)18/h6-7,9,11-12,19H,4-5,8,10H2,1-3H3. The Morgan fingerprint density at radius 2 is 2.14 bits per heavy atom. The van der Waals surface area contributed by atoms with E-state index < -0.39 is 0 Å². The van der Waals surface area contributed by atoms with E-state index in [1.54, 1.807) is 18.3 Å². The van der Waals surface area contributed by atoms with E-state index in [4.69, 9.17) is 4.42 Å². The second-order valence-corrected chi connectivity index (χ2v) is 5.80. The van der Waals surface area contributed by atoms with E-state index >= 15 is 0 Å². The highest BCUT2D eigenvalue weighted by Gasteiger charge is 2.11. The summed E-state index contributed by atoms with van der Waals surface area (Å²) in [6, 6.07) is 4.99. The average molecular weight is 290 g/mol. The predicted octanol–water partition coefficient (Wildman–Crippen LogP) is 3.97. The van der Waals surface area contributed by atoms with Crippen molar-refractivity contribution in [1.82, 2.24) is 10.3 Å². The summed E-state index contributed by atoms with van der Waals surface area (Å²) in [6.07, 6.45) is 3.33. The van der Waals surface area contributed by atoms with Gasteiger partial charge in [-0.1, -0.05) is 25.5 Å². The minimum absolute atomic E-state index is 0.276. The van der Waals surface area contributed by atoms with Crippen molar-refractivity contribution in [2.75, 3.05) is 13.1 Å². The number of aromatic nitrogens is 1. The Hall–Kier alpha value is -1.68. The van der Waals surface area contributed by atoms with Gasteiger partial charge in [0.2, 0.25) is 0 Å². The summed E-state index contributed by atoms with van der Waals surface area (Å²) in [7, 11) is 0. The molecule has 0 aliphatic carbocycles. The summed E-state index contributed by atoms with van der Waals surface area (Å²) in [4.78, 5) is 4.23. The van der Waals surface area contributed by atoms with Crippen LogP contribution in [0.4, 0.5) is 4.39 Å². The molecule has 1 N–H and O–H groups in total. The summed E-state index contributed by atoms with van der Waals surface area (Å²) < 4.78 is 19.4. The van der Waals surface area contributed by atoms with Crippen molar-refractivity contribution in [3.05, 3.63) is 41.7 Å². The zero-order chi connectivity index (χ0) is 15.2. The van der Waals surface area contributed by atoms with E-state index in [9.17, 15) is 4.39 Å². The Bertz CT molecular complexity index is 578. The molecule has 0 bridgehead atoms. The van der Waals surface area contributed by atoms with Crippen molar-refractivity contribution in [2.45, 2.75) is 33.6 Å². The first-order chi connectivity index (χ1) is 10.1. The highest BCUT2D eigenvalue weighted by molar-refractivity contribution is 5.58. The third kappa shape index (κ3) is 4.67. The predicted molar refractivity (Wildman–Crippen MR) is 82.7 cm³/mol. The molecule has 21 heavy (non-hydrogen) atoms. The maximum atomic E-state index is 13.8. The molecular formula is C17H23FN2O. The van der Waals surface area contributed by atoms with Crippen molar-refractivity contribution in [1.29, 1.82) is 0 Å². The lowest BCUT2D eigenvalue weighted by Crippen LogP contribution is -2.21. The van der Waals surface area contributed by atoms with Crippen LogP contribution < -0.4 is 5.32 Å². The lowest BCUT2D eigenvalue weighted by molar-refractivity contribution is 0.481. The topological polar surface area (TPSA) is 38.1 Å². The molecule has 1 heterocycles. The minimum atomic E-state index is -0.276. The van der Waals surface area contributed by atoms with Crippen molar-refractivity contribution in [3.63, 3.8) is 0 Å². The number of hydrogen-bond donors (Lipinski definition) is 1. The highest BCUT2D eigenvalue weighted by Crippen LogP contribution is 2.24. The van der Waals surface area contributed by atoms with Crippen molar-refractivity contribution in [2.24, 2.45) is 5.92 Å². The Balaban J connectivity index is 1.91. The molecule has 1 aromatic carbocycles. The lowest BCUT2D eigenvalue weighted by atomic mass is 10.1. The van der Waals surface area contributed by atoms with Gasteiger partial charge in [-0.05, 0) is 44.5 Å². The Kier molecular flexibility index (Phi) is 5.51. The van der Waals surface area contributed by atoms with Crippen LogP contribution in [-0.2, 0) is 6.42 Å². The van der Waals surface area contributed by atoms with E-state index in [2.05, 4.69) is 24.1 Å². The first-order valence-electron chi connectivity index (χ1n) is 7.48. The number of hydrogen-bond acceptors (Lipinski definition) is 3. The first kappa shape index (κ1) is 15.7. The molecule has 0 saturated carbocycles. The van der Waals surface area contributed by atoms with Gasteiger partial charge in [-0.2, -0.15) is 0 Å². The molecule has 0 aliphatic heterocycles. The molecule has 0 radical (unpaired) electrons. The molecule has 3 nitrogen and oxygen atoms in total. The molecule has 0 saturated heterocycles. The van der Waals surface area contributed by atoms with E-state index in [-0.39, 0.29) is 5.82 Å². The largest absolute Gasteiger partial charge is 0.441 e. The van der Waals surface area contributed by atoms with E-state index in [1.165, 1.54) is 6.07 Å². The van der Waals surface area contributed by atoms with E-state index in [0.29, 0.717) is 23.1 Å². The molecule has 114 valence electrons. The highest BCUT2D eigenvalue weighted by atomic mass is 19.1. The van der Waals surface area contributed by atoms with Crippen LogP contribution >= 0.6 is 0 Å². The summed E-state index contributed by atoms with van der Waals surface area (Å²) in [5.41, 5.74) is 1.48. The fourth-order valence-corrected chi connectivity index (χ4v) is 2.13. The summed E-state index contributed by atoms with van der Waals surface area (Å²) in [6.45, 7) is 8.26. The number of aryl methyl sites for hydroxylation is 2. The van der Waals surface area contributed by atoms with Crippen LogP contribution in [0.1, 0.15) is 31.7 Å². The number of nitrogens with zero attached hydrogens (tertiary/aromatic N) is 1. The van der Waals surface area contributed by atoms with Gasteiger partial charge in [-0.25, -0.2) is 9.37 Å². The molecule has 0 amide bonds. The third-order valence-corrected chi connectivity index (χ3v) is 3.24. The van der Waals surface area contributed by atoms with Crippen LogP contribution in [0.3, 0.4) is 0 Å². The van der Waals surface area contributed by atoms with Crippen molar-refractivity contribution < 1.29 is 8.81 Å². The average Bonchev–Trinajstić information content (AvgIpc) is 2.89. The molecule has 4 heteroatoms. The van der Waals surface area contributed by atoms with Gasteiger partial charge >= 0.3 is 0 Å². The summed E-state index contributed by atoms with van der Waals surface area (Å²) >= 11 is 0. The zero-order valence-corrected chi connectivity index (χ0v) is 12.9.